The van der Waals surface area contributed by atoms with Crippen LogP contribution in [0.5, 0.6) is 0 Å². The van der Waals surface area contributed by atoms with Gasteiger partial charge in [-0.15, -0.1) is 0 Å². The van der Waals surface area contributed by atoms with Crippen LogP contribution in [0.3, 0.4) is 0 Å². The SMILES string of the molecule is CCC1CN(C)c2cnc(N/N=C/c3cccnc3)nc2N1C1CCCC1. The Kier molecular flexibility index (Phi) is 5.18. The average Bonchev–Trinajstić information content (AvgIpc) is 3.23. The van der Waals surface area contributed by atoms with Gasteiger partial charge in [0.2, 0.25) is 5.95 Å². The summed E-state index contributed by atoms with van der Waals surface area (Å²) in [5.41, 5.74) is 5.01. The van der Waals surface area contributed by atoms with Crippen LogP contribution in [0.15, 0.2) is 35.8 Å². The van der Waals surface area contributed by atoms with Crippen LogP contribution in [0, 0.1) is 0 Å². The molecule has 7 heteroatoms. The molecule has 1 N–H and O–H groups in total. The van der Waals surface area contributed by atoms with E-state index in [1.165, 1.54) is 25.7 Å². The molecule has 0 bridgehead atoms. The number of nitrogens with one attached hydrogen (secondary N) is 1. The molecule has 142 valence electrons. The first-order valence-corrected chi connectivity index (χ1v) is 9.82. The molecule has 0 aromatic carbocycles. The number of fused-ring (bicyclic) bond motifs is 1. The lowest BCUT2D eigenvalue weighted by Gasteiger charge is -2.45. The van der Waals surface area contributed by atoms with Crippen LogP contribution in [0.2, 0.25) is 0 Å². The van der Waals surface area contributed by atoms with Crippen LogP contribution in [0.1, 0.15) is 44.6 Å². The molecular weight excluding hydrogens is 338 g/mol. The molecule has 2 aromatic rings. The molecule has 0 saturated heterocycles. The largest absolute Gasteiger partial charge is 0.368 e. The number of rotatable bonds is 5. The molecule has 3 heterocycles. The molecule has 2 aromatic heterocycles. The van der Waals surface area contributed by atoms with Gasteiger partial charge in [0.15, 0.2) is 5.82 Å². The average molecular weight is 365 g/mol. The first-order valence-electron chi connectivity index (χ1n) is 9.82. The number of hydrogen-bond acceptors (Lipinski definition) is 7. The molecule has 1 atom stereocenters. The summed E-state index contributed by atoms with van der Waals surface area (Å²) in [5, 5.41) is 4.27. The number of hydrazone groups is 1. The second kappa shape index (κ2) is 7.90. The summed E-state index contributed by atoms with van der Waals surface area (Å²) in [7, 11) is 2.13. The van der Waals surface area contributed by atoms with Crippen molar-refractivity contribution in [3.05, 3.63) is 36.3 Å². The van der Waals surface area contributed by atoms with Crippen LogP contribution in [-0.4, -0.2) is 46.8 Å². The maximum absolute atomic E-state index is 4.85. The van der Waals surface area contributed by atoms with Gasteiger partial charge in [-0.1, -0.05) is 25.8 Å². The van der Waals surface area contributed by atoms with Gasteiger partial charge in [-0.05, 0) is 25.3 Å². The highest BCUT2D eigenvalue weighted by Gasteiger charge is 2.35. The number of hydrogen-bond donors (Lipinski definition) is 1. The fourth-order valence-electron chi connectivity index (χ4n) is 4.15. The smallest absolute Gasteiger partial charge is 0.245 e. The normalized spacial score (nSPS) is 20.3. The second-order valence-corrected chi connectivity index (χ2v) is 7.35. The van der Waals surface area contributed by atoms with E-state index in [1.807, 2.05) is 18.3 Å². The molecule has 1 unspecified atom stereocenters. The molecule has 2 aliphatic rings. The number of anilines is 3. The van der Waals surface area contributed by atoms with Crippen molar-refractivity contribution >= 4 is 23.7 Å². The van der Waals surface area contributed by atoms with E-state index in [0.29, 0.717) is 18.0 Å². The van der Waals surface area contributed by atoms with Crippen molar-refractivity contribution in [3.63, 3.8) is 0 Å². The minimum atomic E-state index is 0.493. The van der Waals surface area contributed by atoms with E-state index in [0.717, 1.165) is 30.0 Å². The quantitative estimate of drug-likeness (QED) is 0.648. The summed E-state index contributed by atoms with van der Waals surface area (Å²) < 4.78 is 0. The second-order valence-electron chi connectivity index (χ2n) is 7.35. The summed E-state index contributed by atoms with van der Waals surface area (Å²) in [4.78, 5) is 18.2. The van der Waals surface area contributed by atoms with Gasteiger partial charge in [-0.25, -0.2) is 10.4 Å². The highest BCUT2D eigenvalue weighted by Crippen LogP contribution is 2.39. The molecule has 1 aliphatic heterocycles. The zero-order chi connectivity index (χ0) is 18.6. The Labute approximate surface area is 160 Å². The Hall–Kier alpha value is -2.70. The lowest BCUT2D eigenvalue weighted by Crippen LogP contribution is -2.52. The first-order chi connectivity index (χ1) is 13.3. The molecule has 0 radical (unpaired) electrons. The van der Waals surface area contributed by atoms with Crippen molar-refractivity contribution in [1.29, 1.82) is 0 Å². The van der Waals surface area contributed by atoms with Crippen molar-refractivity contribution in [2.75, 3.05) is 28.8 Å². The molecule has 27 heavy (non-hydrogen) atoms. The third-order valence-electron chi connectivity index (χ3n) is 5.54. The molecule has 0 spiro atoms. The third kappa shape index (κ3) is 3.72. The monoisotopic (exact) mass is 365 g/mol. The zero-order valence-corrected chi connectivity index (χ0v) is 16.0. The number of likely N-dealkylation sites (N-methyl/N-ethyl adjacent to an activating group) is 1. The maximum atomic E-state index is 4.85. The van der Waals surface area contributed by atoms with Gasteiger partial charge < -0.3 is 9.80 Å². The van der Waals surface area contributed by atoms with E-state index in [1.54, 1.807) is 18.6 Å². The highest BCUT2D eigenvalue weighted by atomic mass is 15.4. The lowest BCUT2D eigenvalue weighted by molar-refractivity contribution is 0.476. The Morgan fingerprint density at radius 1 is 1.30 bits per heavy atom. The van der Waals surface area contributed by atoms with Crippen molar-refractivity contribution < 1.29 is 0 Å². The maximum Gasteiger partial charge on any atom is 0.245 e. The van der Waals surface area contributed by atoms with E-state index in [-0.39, 0.29) is 0 Å². The van der Waals surface area contributed by atoms with Gasteiger partial charge in [-0.3, -0.25) is 4.98 Å². The van der Waals surface area contributed by atoms with Crippen LogP contribution < -0.4 is 15.2 Å². The van der Waals surface area contributed by atoms with Gasteiger partial charge in [0.25, 0.3) is 0 Å². The molecule has 1 fully saturated rings. The topological polar surface area (TPSA) is 69.5 Å². The van der Waals surface area contributed by atoms with E-state index in [4.69, 9.17) is 4.98 Å². The third-order valence-corrected chi connectivity index (χ3v) is 5.54. The van der Waals surface area contributed by atoms with Crippen molar-refractivity contribution in [1.82, 2.24) is 15.0 Å². The van der Waals surface area contributed by atoms with Gasteiger partial charge in [-0.2, -0.15) is 10.1 Å². The summed E-state index contributed by atoms with van der Waals surface area (Å²) >= 11 is 0. The number of nitrogens with zero attached hydrogens (tertiary/aromatic N) is 6. The zero-order valence-electron chi connectivity index (χ0n) is 16.0. The van der Waals surface area contributed by atoms with Crippen LogP contribution in [-0.2, 0) is 0 Å². The minimum Gasteiger partial charge on any atom is -0.368 e. The fraction of sp³-hybridized carbons (Fsp3) is 0.500. The van der Waals surface area contributed by atoms with E-state index in [2.05, 4.69) is 44.3 Å². The standard InChI is InChI=1S/C20H27N7/c1-3-16-14-26(2)18-13-22-20(25-23-12-15-7-6-10-21-11-15)24-19(18)27(16)17-8-4-5-9-17/h6-7,10-13,16-17H,3-5,8-9,14H2,1-2H3,(H,22,24,25)/b23-12+. The summed E-state index contributed by atoms with van der Waals surface area (Å²) in [6.45, 7) is 3.29. The molecular formula is C20H27N7. The van der Waals surface area contributed by atoms with E-state index < -0.39 is 0 Å². The Balaban J connectivity index is 1.59. The van der Waals surface area contributed by atoms with Crippen LogP contribution >= 0.6 is 0 Å². The summed E-state index contributed by atoms with van der Waals surface area (Å²) in [6, 6.07) is 4.92. The lowest BCUT2D eigenvalue weighted by atomic mass is 10.0. The minimum absolute atomic E-state index is 0.493. The van der Waals surface area contributed by atoms with Crippen LogP contribution in [0.4, 0.5) is 17.5 Å². The summed E-state index contributed by atoms with van der Waals surface area (Å²) in [6.07, 6.45) is 13.4. The first kappa shape index (κ1) is 17.7. The Morgan fingerprint density at radius 2 is 2.15 bits per heavy atom. The van der Waals surface area contributed by atoms with Crippen LogP contribution in [0.25, 0.3) is 0 Å². The van der Waals surface area contributed by atoms with Gasteiger partial charge in [0.05, 0.1) is 18.1 Å². The van der Waals surface area contributed by atoms with Crippen molar-refractivity contribution in [2.24, 2.45) is 5.10 Å². The number of pyridine rings is 1. The van der Waals surface area contributed by atoms with Gasteiger partial charge in [0, 0.05) is 43.6 Å². The Bertz CT molecular complexity index is 786. The number of aromatic nitrogens is 3. The molecule has 4 rings (SSSR count). The predicted octanol–water partition coefficient (Wildman–Crippen LogP) is 3.30. The molecule has 1 saturated carbocycles. The summed E-state index contributed by atoms with van der Waals surface area (Å²) in [5.74, 6) is 1.57. The molecule has 1 aliphatic carbocycles. The van der Waals surface area contributed by atoms with E-state index in [9.17, 15) is 0 Å². The van der Waals surface area contributed by atoms with Gasteiger partial charge >= 0.3 is 0 Å². The Morgan fingerprint density at radius 3 is 2.89 bits per heavy atom. The van der Waals surface area contributed by atoms with Crippen molar-refractivity contribution in [2.45, 2.75) is 51.1 Å². The van der Waals surface area contributed by atoms with E-state index >= 15 is 0 Å². The van der Waals surface area contributed by atoms with Crippen molar-refractivity contribution in [3.8, 4) is 0 Å². The van der Waals surface area contributed by atoms with Gasteiger partial charge in [0.1, 0.15) is 0 Å². The molecule has 0 amide bonds. The molecule has 7 nitrogen and oxygen atoms in total. The highest BCUT2D eigenvalue weighted by molar-refractivity contribution is 5.79. The fourth-order valence-corrected chi connectivity index (χ4v) is 4.15. The predicted molar refractivity (Wildman–Crippen MR) is 110 cm³/mol.